The van der Waals surface area contributed by atoms with Crippen LogP contribution in [-0.2, 0) is 14.3 Å². The van der Waals surface area contributed by atoms with E-state index in [4.69, 9.17) is 4.74 Å². The second kappa shape index (κ2) is 9.64. The van der Waals surface area contributed by atoms with Crippen LogP contribution in [0.4, 0.5) is 0 Å². The summed E-state index contributed by atoms with van der Waals surface area (Å²) in [5.74, 6) is -1.93. The molecule has 7 heteroatoms. The standard InChI is InChI=1S/C22H24N2O5/c1-14-9-10-15(2)18(11-14)21(27)16-7-5-6-8-17(16)22(28)29-13-20(26)24(4)12-19(25)23-3/h5-11H,12-13H2,1-4H3,(H,23,25). The van der Waals surface area contributed by atoms with E-state index in [1.165, 1.54) is 20.2 Å². The van der Waals surface area contributed by atoms with E-state index in [1.807, 2.05) is 26.0 Å². The lowest BCUT2D eigenvalue weighted by molar-refractivity contribution is -0.137. The highest BCUT2D eigenvalue weighted by molar-refractivity contribution is 6.15. The van der Waals surface area contributed by atoms with E-state index in [9.17, 15) is 19.2 Å². The first-order valence-electron chi connectivity index (χ1n) is 9.07. The zero-order chi connectivity index (χ0) is 21.6. The van der Waals surface area contributed by atoms with Gasteiger partial charge < -0.3 is 15.0 Å². The van der Waals surface area contributed by atoms with E-state index in [-0.39, 0.29) is 29.4 Å². The summed E-state index contributed by atoms with van der Waals surface area (Å²) in [6.07, 6.45) is 0. The number of carbonyl (C=O) groups is 4. The Hall–Kier alpha value is -3.48. The Morgan fingerprint density at radius 3 is 2.28 bits per heavy atom. The zero-order valence-electron chi connectivity index (χ0n) is 16.9. The van der Waals surface area contributed by atoms with Gasteiger partial charge in [0.15, 0.2) is 12.4 Å². The maximum absolute atomic E-state index is 13.0. The molecule has 0 fully saturated rings. The topological polar surface area (TPSA) is 92.8 Å². The molecule has 7 nitrogen and oxygen atoms in total. The number of nitrogens with one attached hydrogen (secondary N) is 1. The summed E-state index contributed by atoms with van der Waals surface area (Å²) < 4.78 is 5.09. The second-order valence-electron chi connectivity index (χ2n) is 6.69. The van der Waals surface area contributed by atoms with Crippen LogP contribution in [0.2, 0.25) is 0 Å². The highest BCUT2D eigenvalue weighted by Gasteiger charge is 2.22. The van der Waals surface area contributed by atoms with E-state index in [0.29, 0.717) is 5.56 Å². The van der Waals surface area contributed by atoms with Crippen molar-refractivity contribution in [3.8, 4) is 0 Å². The van der Waals surface area contributed by atoms with Crippen molar-refractivity contribution < 1.29 is 23.9 Å². The SMILES string of the molecule is CNC(=O)CN(C)C(=O)COC(=O)c1ccccc1C(=O)c1cc(C)ccc1C. The van der Waals surface area contributed by atoms with Gasteiger partial charge in [-0.2, -0.15) is 0 Å². The summed E-state index contributed by atoms with van der Waals surface area (Å²) >= 11 is 0. The normalized spacial score (nSPS) is 10.2. The van der Waals surface area contributed by atoms with Gasteiger partial charge in [-0.3, -0.25) is 14.4 Å². The van der Waals surface area contributed by atoms with Crippen LogP contribution >= 0.6 is 0 Å². The van der Waals surface area contributed by atoms with Gasteiger partial charge in [-0.1, -0.05) is 35.9 Å². The number of ketones is 1. The number of benzene rings is 2. The minimum absolute atomic E-state index is 0.0835. The maximum atomic E-state index is 13.0. The number of esters is 1. The number of ether oxygens (including phenoxy) is 1. The fourth-order valence-electron chi connectivity index (χ4n) is 2.68. The molecule has 0 aromatic heterocycles. The van der Waals surface area contributed by atoms with Gasteiger partial charge in [0, 0.05) is 25.2 Å². The summed E-state index contributed by atoms with van der Waals surface area (Å²) in [6.45, 7) is 3.04. The van der Waals surface area contributed by atoms with Crippen molar-refractivity contribution in [2.24, 2.45) is 0 Å². The summed E-state index contributed by atoms with van der Waals surface area (Å²) in [5.41, 5.74) is 2.53. The van der Waals surface area contributed by atoms with Crippen LogP contribution in [0, 0.1) is 13.8 Å². The van der Waals surface area contributed by atoms with Gasteiger partial charge in [-0.15, -0.1) is 0 Å². The molecule has 29 heavy (non-hydrogen) atoms. The number of hydrogen-bond donors (Lipinski definition) is 1. The molecule has 0 heterocycles. The van der Waals surface area contributed by atoms with Crippen molar-refractivity contribution in [2.45, 2.75) is 13.8 Å². The second-order valence-corrected chi connectivity index (χ2v) is 6.69. The van der Waals surface area contributed by atoms with E-state index in [2.05, 4.69) is 5.32 Å². The summed E-state index contributed by atoms with van der Waals surface area (Å²) in [4.78, 5) is 50.1. The van der Waals surface area contributed by atoms with Gasteiger partial charge in [0.05, 0.1) is 12.1 Å². The molecule has 2 aromatic rings. The molecule has 0 aliphatic heterocycles. The summed E-state index contributed by atoms with van der Waals surface area (Å²) in [5, 5.41) is 2.41. The Morgan fingerprint density at radius 1 is 0.966 bits per heavy atom. The third-order valence-corrected chi connectivity index (χ3v) is 4.44. The van der Waals surface area contributed by atoms with Crippen molar-refractivity contribution in [1.29, 1.82) is 0 Å². The third kappa shape index (κ3) is 5.51. The van der Waals surface area contributed by atoms with Crippen LogP contribution in [0.3, 0.4) is 0 Å². The van der Waals surface area contributed by atoms with E-state index in [1.54, 1.807) is 24.3 Å². The van der Waals surface area contributed by atoms with E-state index < -0.39 is 18.5 Å². The molecule has 2 aromatic carbocycles. The molecule has 0 saturated carbocycles. The minimum Gasteiger partial charge on any atom is -0.452 e. The van der Waals surface area contributed by atoms with E-state index >= 15 is 0 Å². The van der Waals surface area contributed by atoms with E-state index in [0.717, 1.165) is 16.0 Å². The molecule has 0 radical (unpaired) electrons. The Bertz CT molecular complexity index is 952. The van der Waals surface area contributed by atoms with Gasteiger partial charge in [-0.25, -0.2) is 4.79 Å². The van der Waals surface area contributed by atoms with Gasteiger partial charge in [-0.05, 0) is 31.5 Å². The first-order chi connectivity index (χ1) is 13.7. The molecule has 2 amide bonds. The number of carbonyl (C=O) groups excluding carboxylic acids is 4. The number of rotatable bonds is 7. The Labute approximate surface area is 169 Å². The quantitative estimate of drug-likeness (QED) is 0.570. The predicted molar refractivity (Wildman–Crippen MR) is 108 cm³/mol. The minimum atomic E-state index is -0.777. The highest BCUT2D eigenvalue weighted by atomic mass is 16.5. The molecule has 0 saturated heterocycles. The Kier molecular flexibility index (Phi) is 7.25. The first-order valence-corrected chi connectivity index (χ1v) is 9.07. The van der Waals surface area contributed by atoms with Crippen LogP contribution in [0.5, 0.6) is 0 Å². The average molecular weight is 396 g/mol. The molecule has 0 aliphatic carbocycles. The molecule has 152 valence electrons. The lowest BCUT2D eigenvalue weighted by Crippen LogP contribution is -2.39. The molecule has 0 bridgehead atoms. The number of likely N-dealkylation sites (N-methyl/N-ethyl adjacent to an activating group) is 2. The van der Waals surface area contributed by atoms with Crippen LogP contribution in [0.15, 0.2) is 42.5 Å². The van der Waals surface area contributed by atoms with Crippen molar-refractivity contribution in [3.05, 3.63) is 70.3 Å². The third-order valence-electron chi connectivity index (χ3n) is 4.44. The summed E-state index contributed by atoms with van der Waals surface area (Å²) in [6, 6.07) is 11.9. The molecule has 1 N–H and O–H groups in total. The molecule has 0 atom stereocenters. The summed E-state index contributed by atoms with van der Waals surface area (Å²) in [7, 11) is 2.90. The first kappa shape index (κ1) is 21.8. The van der Waals surface area contributed by atoms with Gasteiger partial charge in [0.25, 0.3) is 5.91 Å². The number of nitrogens with zero attached hydrogens (tertiary/aromatic N) is 1. The van der Waals surface area contributed by atoms with Gasteiger partial charge >= 0.3 is 5.97 Å². The fourth-order valence-corrected chi connectivity index (χ4v) is 2.68. The lowest BCUT2D eigenvalue weighted by Gasteiger charge is -2.16. The number of hydrogen-bond acceptors (Lipinski definition) is 5. The van der Waals surface area contributed by atoms with Crippen LogP contribution < -0.4 is 5.32 Å². The molecule has 0 aliphatic rings. The largest absolute Gasteiger partial charge is 0.452 e. The number of amides is 2. The van der Waals surface area contributed by atoms with Gasteiger partial charge in [0.1, 0.15) is 0 Å². The molecule has 0 unspecified atom stereocenters. The average Bonchev–Trinajstić information content (AvgIpc) is 2.72. The van der Waals surface area contributed by atoms with Crippen LogP contribution in [0.1, 0.15) is 37.4 Å². The Balaban J connectivity index is 2.16. The van der Waals surface area contributed by atoms with Crippen molar-refractivity contribution >= 4 is 23.6 Å². The van der Waals surface area contributed by atoms with Crippen molar-refractivity contribution in [3.63, 3.8) is 0 Å². The molecule has 0 spiro atoms. The molecule has 2 rings (SSSR count). The molecular formula is C22H24N2O5. The Morgan fingerprint density at radius 2 is 1.62 bits per heavy atom. The lowest BCUT2D eigenvalue weighted by atomic mass is 9.94. The number of aryl methyl sites for hydroxylation is 2. The smallest absolute Gasteiger partial charge is 0.339 e. The highest BCUT2D eigenvalue weighted by Crippen LogP contribution is 2.19. The molecular weight excluding hydrogens is 372 g/mol. The zero-order valence-corrected chi connectivity index (χ0v) is 16.9. The monoisotopic (exact) mass is 396 g/mol. The van der Waals surface area contributed by atoms with Crippen molar-refractivity contribution in [2.75, 3.05) is 27.2 Å². The van der Waals surface area contributed by atoms with Crippen molar-refractivity contribution in [1.82, 2.24) is 10.2 Å². The van der Waals surface area contributed by atoms with Gasteiger partial charge in [0.2, 0.25) is 5.91 Å². The fraction of sp³-hybridized carbons (Fsp3) is 0.273. The predicted octanol–water partition coefficient (Wildman–Crippen LogP) is 1.90. The van der Waals surface area contributed by atoms with Crippen LogP contribution in [-0.4, -0.2) is 55.7 Å². The van der Waals surface area contributed by atoms with Crippen LogP contribution in [0.25, 0.3) is 0 Å². The maximum Gasteiger partial charge on any atom is 0.339 e.